The summed E-state index contributed by atoms with van der Waals surface area (Å²) in [5.74, 6) is 0.367. The van der Waals surface area contributed by atoms with Crippen LogP contribution in [0.15, 0.2) is 0 Å². The van der Waals surface area contributed by atoms with E-state index in [2.05, 4.69) is 17.6 Å². The van der Waals surface area contributed by atoms with Crippen LogP contribution in [0.1, 0.15) is 33.6 Å². The van der Waals surface area contributed by atoms with Crippen LogP contribution in [0.2, 0.25) is 0 Å². The molecule has 3 heteroatoms. The zero-order valence-electron chi connectivity index (χ0n) is 8.76. The first kappa shape index (κ1) is 10.5. The predicted octanol–water partition coefficient (Wildman–Crippen LogP) is 0.899. The summed E-state index contributed by atoms with van der Waals surface area (Å²) in [5.41, 5.74) is 0. The molecule has 0 unspecified atom stereocenters. The molecule has 76 valence electrons. The third-order valence-corrected chi connectivity index (χ3v) is 2.53. The highest BCUT2D eigenvalue weighted by Gasteiger charge is 2.27. The standard InChI is InChI=1S/C10H20N2O/c1-7(2)12-10(13)9-5-4-6-11-8(9)3/h7-9,11H,4-6H2,1-3H3,(H,12,13)/t8-,9+/m0/s1. The van der Waals surface area contributed by atoms with Crippen molar-refractivity contribution in [1.29, 1.82) is 0 Å². The van der Waals surface area contributed by atoms with E-state index in [-0.39, 0.29) is 17.9 Å². The van der Waals surface area contributed by atoms with E-state index in [1.165, 1.54) is 0 Å². The van der Waals surface area contributed by atoms with E-state index in [4.69, 9.17) is 0 Å². The van der Waals surface area contributed by atoms with Crippen molar-refractivity contribution in [3.63, 3.8) is 0 Å². The lowest BCUT2D eigenvalue weighted by Crippen LogP contribution is -2.48. The molecule has 1 aliphatic heterocycles. The second-order valence-corrected chi connectivity index (χ2v) is 4.15. The molecule has 0 saturated carbocycles. The zero-order valence-corrected chi connectivity index (χ0v) is 8.76. The van der Waals surface area contributed by atoms with Gasteiger partial charge in [0.15, 0.2) is 0 Å². The van der Waals surface area contributed by atoms with Gasteiger partial charge >= 0.3 is 0 Å². The first-order chi connectivity index (χ1) is 6.11. The minimum absolute atomic E-state index is 0.163. The van der Waals surface area contributed by atoms with E-state index in [0.717, 1.165) is 19.4 Å². The van der Waals surface area contributed by atoms with E-state index in [1.54, 1.807) is 0 Å². The molecule has 0 aromatic carbocycles. The van der Waals surface area contributed by atoms with Gasteiger partial charge in [-0.2, -0.15) is 0 Å². The normalized spacial score (nSPS) is 28.9. The number of amides is 1. The Hall–Kier alpha value is -0.570. The monoisotopic (exact) mass is 184 g/mol. The molecular formula is C10H20N2O. The topological polar surface area (TPSA) is 41.1 Å². The number of hydrogen-bond donors (Lipinski definition) is 2. The molecule has 0 spiro atoms. The van der Waals surface area contributed by atoms with Crippen LogP contribution in [0, 0.1) is 5.92 Å². The molecule has 2 N–H and O–H groups in total. The quantitative estimate of drug-likeness (QED) is 0.669. The maximum absolute atomic E-state index is 11.7. The van der Waals surface area contributed by atoms with E-state index < -0.39 is 0 Å². The van der Waals surface area contributed by atoms with E-state index in [0.29, 0.717) is 6.04 Å². The number of rotatable bonds is 2. The van der Waals surface area contributed by atoms with Crippen molar-refractivity contribution in [3.8, 4) is 0 Å². The van der Waals surface area contributed by atoms with Crippen LogP contribution < -0.4 is 10.6 Å². The predicted molar refractivity (Wildman–Crippen MR) is 53.5 cm³/mol. The molecule has 0 radical (unpaired) electrons. The lowest BCUT2D eigenvalue weighted by atomic mass is 9.91. The Labute approximate surface area is 80.3 Å². The fraction of sp³-hybridized carbons (Fsp3) is 0.900. The Morgan fingerprint density at radius 2 is 2.23 bits per heavy atom. The van der Waals surface area contributed by atoms with E-state index >= 15 is 0 Å². The molecule has 2 atom stereocenters. The van der Waals surface area contributed by atoms with E-state index in [9.17, 15) is 4.79 Å². The van der Waals surface area contributed by atoms with Gasteiger partial charge in [0.05, 0.1) is 5.92 Å². The first-order valence-corrected chi connectivity index (χ1v) is 5.15. The highest BCUT2D eigenvalue weighted by molar-refractivity contribution is 5.79. The second-order valence-electron chi connectivity index (χ2n) is 4.15. The van der Waals surface area contributed by atoms with Crippen molar-refractivity contribution in [3.05, 3.63) is 0 Å². The molecule has 0 aromatic heterocycles. The molecule has 0 aromatic rings. The molecule has 3 nitrogen and oxygen atoms in total. The fourth-order valence-corrected chi connectivity index (χ4v) is 1.79. The zero-order chi connectivity index (χ0) is 9.84. The molecule has 1 rings (SSSR count). The van der Waals surface area contributed by atoms with Crippen LogP contribution in [0.5, 0.6) is 0 Å². The smallest absolute Gasteiger partial charge is 0.224 e. The van der Waals surface area contributed by atoms with Gasteiger partial charge in [-0.3, -0.25) is 4.79 Å². The van der Waals surface area contributed by atoms with Gasteiger partial charge in [-0.15, -0.1) is 0 Å². The van der Waals surface area contributed by atoms with Gasteiger partial charge in [-0.05, 0) is 40.2 Å². The van der Waals surface area contributed by atoms with Crippen molar-refractivity contribution in [2.75, 3.05) is 6.54 Å². The van der Waals surface area contributed by atoms with Crippen LogP contribution in [0.25, 0.3) is 0 Å². The number of carbonyl (C=O) groups is 1. The highest BCUT2D eigenvalue weighted by atomic mass is 16.2. The minimum atomic E-state index is 0.163. The van der Waals surface area contributed by atoms with Gasteiger partial charge in [-0.1, -0.05) is 0 Å². The Kier molecular flexibility index (Phi) is 3.72. The summed E-state index contributed by atoms with van der Waals surface area (Å²) < 4.78 is 0. The Morgan fingerprint density at radius 1 is 1.54 bits per heavy atom. The average molecular weight is 184 g/mol. The van der Waals surface area contributed by atoms with Gasteiger partial charge in [0.1, 0.15) is 0 Å². The van der Waals surface area contributed by atoms with Gasteiger partial charge in [0.25, 0.3) is 0 Å². The van der Waals surface area contributed by atoms with Crippen LogP contribution in [-0.4, -0.2) is 24.5 Å². The molecule has 1 heterocycles. The van der Waals surface area contributed by atoms with Crippen molar-refractivity contribution >= 4 is 5.91 Å². The Balaban J connectivity index is 2.44. The van der Waals surface area contributed by atoms with Gasteiger partial charge < -0.3 is 10.6 Å². The Morgan fingerprint density at radius 3 is 2.77 bits per heavy atom. The number of piperidine rings is 1. The van der Waals surface area contributed by atoms with Crippen molar-refractivity contribution in [2.24, 2.45) is 5.92 Å². The lowest BCUT2D eigenvalue weighted by molar-refractivity contribution is -0.127. The van der Waals surface area contributed by atoms with Crippen molar-refractivity contribution < 1.29 is 4.79 Å². The maximum Gasteiger partial charge on any atom is 0.224 e. The van der Waals surface area contributed by atoms with Crippen LogP contribution in [0.4, 0.5) is 0 Å². The molecule has 1 saturated heterocycles. The molecule has 1 aliphatic rings. The summed E-state index contributed by atoms with van der Waals surface area (Å²) in [5, 5.41) is 6.29. The summed E-state index contributed by atoms with van der Waals surface area (Å²) in [7, 11) is 0. The molecular weight excluding hydrogens is 164 g/mol. The molecule has 0 bridgehead atoms. The van der Waals surface area contributed by atoms with Gasteiger partial charge in [0, 0.05) is 12.1 Å². The summed E-state index contributed by atoms with van der Waals surface area (Å²) in [6.45, 7) is 7.13. The summed E-state index contributed by atoms with van der Waals surface area (Å²) in [4.78, 5) is 11.7. The first-order valence-electron chi connectivity index (χ1n) is 5.15. The van der Waals surface area contributed by atoms with Gasteiger partial charge in [-0.25, -0.2) is 0 Å². The number of carbonyl (C=O) groups excluding carboxylic acids is 1. The highest BCUT2D eigenvalue weighted by Crippen LogP contribution is 2.16. The number of nitrogens with one attached hydrogen (secondary N) is 2. The van der Waals surface area contributed by atoms with Crippen LogP contribution in [0.3, 0.4) is 0 Å². The minimum Gasteiger partial charge on any atom is -0.354 e. The Bertz CT molecular complexity index is 180. The second kappa shape index (κ2) is 4.61. The molecule has 0 aliphatic carbocycles. The average Bonchev–Trinajstić information content (AvgIpc) is 2.03. The summed E-state index contributed by atoms with van der Waals surface area (Å²) in [6, 6.07) is 0.578. The van der Waals surface area contributed by atoms with Crippen LogP contribution in [-0.2, 0) is 4.79 Å². The maximum atomic E-state index is 11.7. The fourth-order valence-electron chi connectivity index (χ4n) is 1.79. The summed E-state index contributed by atoms with van der Waals surface area (Å²) >= 11 is 0. The third-order valence-electron chi connectivity index (χ3n) is 2.53. The van der Waals surface area contributed by atoms with E-state index in [1.807, 2.05) is 13.8 Å². The summed E-state index contributed by atoms with van der Waals surface area (Å²) in [6.07, 6.45) is 2.13. The largest absolute Gasteiger partial charge is 0.354 e. The lowest BCUT2D eigenvalue weighted by Gasteiger charge is -2.29. The molecule has 1 amide bonds. The van der Waals surface area contributed by atoms with Crippen molar-refractivity contribution in [1.82, 2.24) is 10.6 Å². The van der Waals surface area contributed by atoms with Crippen molar-refractivity contribution in [2.45, 2.75) is 45.7 Å². The third kappa shape index (κ3) is 2.99. The van der Waals surface area contributed by atoms with Gasteiger partial charge in [0.2, 0.25) is 5.91 Å². The number of hydrogen-bond acceptors (Lipinski definition) is 2. The SMILES string of the molecule is CC(C)NC(=O)[C@@H]1CCCN[C@H]1C. The van der Waals surface area contributed by atoms with Crippen LogP contribution >= 0.6 is 0 Å². The molecule has 13 heavy (non-hydrogen) atoms. The molecule has 1 fully saturated rings.